The third-order valence-corrected chi connectivity index (χ3v) is 5.26. The molecule has 1 aliphatic rings. The van der Waals surface area contributed by atoms with E-state index in [1.54, 1.807) is 11.3 Å². The van der Waals surface area contributed by atoms with Crippen LogP contribution < -0.4 is 5.73 Å². The molecule has 3 nitrogen and oxygen atoms in total. The Morgan fingerprint density at radius 3 is 2.78 bits per heavy atom. The molecule has 102 valence electrons. The third kappa shape index (κ3) is 2.77. The molecule has 2 rings (SSSR count). The molecule has 3 N–H and O–H groups in total. The van der Waals surface area contributed by atoms with Crippen LogP contribution in [0.25, 0.3) is 0 Å². The fourth-order valence-electron chi connectivity index (χ4n) is 2.98. The topological polar surface area (TPSA) is 49.5 Å². The van der Waals surface area contributed by atoms with E-state index in [9.17, 15) is 5.11 Å². The molecule has 18 heavy (non-hydrogen) atoms. The monoisotopic (exact) mass is 268 g/mol. The number of nitrogens with zero attached hydrogens (tertiary/aromatic N) is 1. The summed E-state index contributed by atoms with van der Waals surface area (Å²) in [5.41, 5.74) is 7.28. The molecule has 1 aromatic rings. The van der Waals surface area contributed by atoms with Crippen molar-refractivity contribution in [3.05, 3.63) is 21.9 Å². The molecule has 0 aromatic carbocycles. The van der Waals surface area contributed by atoms with Crippen LogP contribution in [0.3, 0.4) is 0 Å². The zero-order chi connectivity index (χ0) is 13.1. The average molecular weight is 268 g/mol. The molecule has 4 heteroatoms. The molecule has 1 saturated carbocycles. The van der Waals surface area contributed by atoms with Gasteiger partial charge in [0.2, 0.25) is 0 Å². The van der Waals surface area contributed by atoms with Gasteiger partial charge in [0.25, 0.3) is 0 Å². The molecule has 3 atom stereocenters. The lowest BCUT2D eigenvalue weighted by Gasteiger charge is -2.39. The summed E-state index contributed by atoms with van der Waals surface area (Å²) in [4.78, 5) is 3.64. The summed E-state index contributed by atoms with van der Waals surface area (Å²) in [7, 11) is 2.11. The maximum atomic E-state index is 10.2. The van der Waals surface area contributed by atoms with Crippen molar-refractivity contribution in [3.8, 4) is 0 Å². The van der Waals surface area contributed by atoms with Gasteiger partial charge in [-0.1, -0.05) is 12.8 Å². The van der Waals surface area contributed by atoms with Gasteiger partial charge in [-0.25, -0.2) is 0 Å². The lowest BCUT2D eigenvalue weighted by molar-refractivity contribution is 0.0143. The molecule has 1 aromatic heterocycles. The molecular weight excluding hydrogens is 244 g/mol. The van der Waals surface area contributed by atoms with E-state index >= 15 is 0 Å². The summed E-state index contributed by atoms with van der Waals surface area (Å²) < 4.78 is 0. The van der Waals surface area contributed by atoms with Gasteiger partial charge in [0, 0.05) is 17.5 Å². The van der Waals surface area contributed by atoms with Crippen LogP contribution in [0.5, 0.6) is 0 Å². The predicted molar refractivity (Wildman–Crippen MR) is 76.9 cm³/mol. The van der Waals surface area contributed by atoms with E-state index in [-0.39, 0.29) is 18.2 Å². The number of hydrogen-bond acceptors (Lipinski definition) is 4. The SMILES string of the molecule is Cc1ccsc1C(CN)N(C)C1CCCCC1O. The van der Waals surface area contributed by atoms with E-state index in [0.29, 0.717) is 6.54 Å². The third-order valence-electron chi connectivity index (χ3n) is 4.14. The van der Waals surface area contributed by atoms with Crippen molar-refractivity contribution < 1.29 is 5.11 Å². The van der Waals surface area contributed by atoms with Gasteiger partial charge < -0.3 is 10.8 Å². The lowest BCUT2D eigenvalue weighted by Crippen LogP contribution is -2.46. The Kier molecular flexibility index (Phi) is 4.78. The highest BCUT2D eigenvalue weighted by Crippen LogP contribution is 2.32. The first-order valence-corrected chi connectivity index (χ1v) is 7.67. The van der Waals surface area contributed by atoms with Gasteiger partial charge >= 0.3 is 0 Å². The molecule has 0 saturated heterocycles. The lowest BCUT2D eigenvalue weighted by atomic mass is 9.90. The average Bonchev–Trinajstić information content (AvgIpc) is 2.77. The first kappa shape index (κ1) is 14.0. The minimum atomic E-state index is -0.196. The zero-order valence-electron chi connectivity index (χ0n) is 11.3. The second kappa shape index (κ2) is 6.15. The number of nitrogens with two attached hydrogens (primary N) is 1. The molecule has 3 unspecified atom stereocenters. The molecule has 0 amide bonds. The summed E-state index contributed by atoms with van der Waals surface area (Å²) in [6, 6.07) is 2.64. The molecular formula is C14H24N2OS. The fourth-order valence-corrected chi connectivity index (χ4v) is 4.07. The van der Waals surface area contributed by atoms with Gasteiger partial charge in [0.15, 0.2) is 0 Å². The van der Waals surface area contributed by atoms with Crippen LogP contribution in [-0.2, 0) is 0 Å². The molecule has 0 radical (unpaired) electrons. The normalized spacial score (nSPS) is 26.5. The smallest absolute Gasteiger partial charge is 0.0695 e. The highest BCUT2D eigenvalue weighted by molar-refractivity contribution is 7.10. The van der Waals surface area contributed by atoms with Crippen LogP contribution in [0.4, 0.5) is 0 Å². The summed E-state index contributed by atoms with van der Waals surface area (Å²) in [5.74, 6) is 0. The molecule has 1 fully saturated rings. The van der Waals surface area contributed by atoms with Crippen molar-refractivity contribution in [1.82, 2.24) is 4.90 Å². The van der Waals surface area contributed by atoms with E-state index in [0.717, 1.165) is 19.3 Å². The van der Waals surface area contributed by atoms with E-state index in [1.807, 2.05) is 0 Å². The van der Waals surface area contributed by atoms with E-state index in [4.69, 9.17) is 5.73 Å². The number of aliphatic hydroxyl groups is 1. The van der Waals surface area contributed by atoms with Crippen LogP contribution >= 0.6 is 11.3 Å². The highest BCUT2D eigenvalue weighted by Gasteiger charge is 2.31. The number of likely N-dealkylation sites (N-methyl/N-ethyl adjacent to an activating group) is 1. The van der Waals surface area contributed by atoms with Gasteiger partial charge in [-0.15, -0.1) is 11.3 Å². The summed E-state index contributed by atoms with van der Waals surface area (Å²) in [5, 5.41) is 12.3. The van der Waals surface area contributed by atoms with Crippen LogP contribution in [0.2, 0.25) is 0 Å². The highest BCUT2D eigenvalue weighted by atomic mass is 32.1. The van der Waals surface area contributed by atoms with Crippen molar-refractivity contribution in [2.75, 3.05) is 13.6 Å². The Labute approximate surface area is 114 Å². The maximum absolute atomic E-state index is 10.2. The molecule has 0 aliphatic heterocycles. The van der Waals surface area contributed by atoms with Crippen LogP contribution in [0.1, 0.15) is 42.2 Å². The molecule has 0 spiro atoms. The standard InChI is InChI=1S/C14H24N2OS/c1-10-7-8-18-14(10)12(9-15)16(2)11-5-3-4-6-13(11)17/h7-8,11-13,17H,3-6,9,15H2,1-2H3. The summed E-state index contributed by atoms with van der Waals surface area (Å²) in [6.45, 7) is 2.75. The van der Waals surface area contributed by atoms with Crippen LogP contribution in [0, 0.1) is 6.92 Å². The van der Waals surface area contributed by atoms with E-state index in [2.05, 4.69) is 30.3 Å². The van der Waals surface area contributed by atoms with Crippen molar-refractivity contribution >= 4 is 11.3 Å². The second-order valence-electron chi connectivity index (χ2n) is 5.30. The van der Waals surface area contributed by atoms with Gasteiger partial charge in [0.05, 0.1) is 12.1 Å². The first-order chi connectivity index (χ1) is 8.65. The van der Waals surface area contributed by atoms with E-state index in [1.165, 1.54) is 16.9 Å². The fraction of sp³-hybridized carbons (Fsp3) is 0.714. The number of aryl methyl sites for hydroxylation is 1. The van der Waals surface area contributed by atoms with Gasteiger partial charge in [-0.2, -0.15) is 0 Å². The number of hydrogen-bond donors (Lipinski definition) is 2. The Hall–Kier alpha value is -0.420. The molecule has 1 heterocycles. The Morgan fingerprint density at radius 2 is 2.22 bits per heavy atom. The summed E-state index contributed by atoms with van der Waals surface area (Å²) in [6.07, 6.45) is 4.18. The van der Waals surface area contributed by atoms with Gasteiger partial charge in [-0.3, -0.25) is 4.90 Å². The van der Waals surface area contributed by atoms with Crippen molar-refractivity contribution in [2.45, 2.75) is 50.8 Å². The zero-order valence-corrected chi connectivity index (χ0v) is 12.1. The van der Waals surface area contributed by atoms with Crippen LogP contribution in [0.15, 0.2) is 11.4 Å². The minimum Gasteiger partial charge on any atom is -0.391 e. The quantitative estimate of drug-likeness (QED) is 0.881. The first-order valence-electron chi connectivity index (χ1n) is 6.79. The number of rotatable bonds is 4. The summed E-state index contributed by atoms with van der Waals surface area (Å²) >= 11 is 1.77. The maximum Gasteiger partial charge on any atom is 0.0695 e. The Morgan fingerprint density at radius 1 is 1.50 bits per heavy atom. The van der Waals surface area contributed by atoms with Crippen LogP contribution in [-0.4, -0.2) is 35.7 Å². The number of aliphatic hydroxyl groups excluding tert-OH is 1. The van der Waals surface area contributed by atoms with E-state index < -0.39 is 0 Å². The van der Waals surface area contributed by atoms with Crippen molar-refractivity contribution in [1.29, 1.82) is 0 Å². The second-order valence-corrected chi connectivity index (χ2v) is 6.25. The Balaban J connectivity index is 2.14. The van der Waals surface area contributed by atoms with Gasteiger partial charge in [-0.05, 0) is 43.8 Å². The van der Waals surface area contributed by atoms with Gasteiger partial charge in [0.1, 0.15) is 0 Å². The largest absolute Gasteiger partial charge is 0.391 e. The predicted octanol–water partition coefficient (Wildman–Crippen LogP) is 2.29. The molecule has 1 aliphatic carbocycles. The number of thiophene rings is 1. The minimum absolute atomic E-state index is 0.196. The van der Waals surface area contributed by atoms with Crippen molar-refractivity contribution in [3.63, 3.8) is 0 Å². The Bertz CT molecular complexity index is 380. The molecule has 0 bridgehead atoms. The van der Waals surface area contributed by atoms with Crippen molar-refractivity contribution in [2.24, 2.45) is 5.73 Å².